The highest BCUT2D eigenvalue weighted by Crippen LogP contribution is 2.21. The molecule has 1 amide bonds. The van der Waals surface area contributed by atoms with Crippen molar-refractivity contribution in [3.63, 3.8) is 0 Å². The third-order valence-electron chi connectivity index (χ3n) is 2.10. The van der Waals surface area contributed by atoms with Gasteiger partial charge in [0.2, 0.25) is 5.91 Å². The number of halogens is 1. The molecule has 2 N–H and O–H groups in total. The highest BCUT2D eigenvalue weighted by molar-refractivity contribution is 7.16. The monoisotopic (exact) mass is 275 g/mol. The lowest BCUT2D eigenvalue weighted by Gasteiger charge is -2.03. The Morgan fingerprint density at radius 3 is 2.71 bits per heavy atom. The highest BCUT2D eigenvalue weighted by atomic mass is 35.5. The van der Waals surface area contributed by atoms with Gasteiger partial charge in [0.05, 0.1) is 10.8 Å². The molecule has 17 heavy (non-hydrogen) atoms. The maximum Gasteiger partial charge on any atom is 0.303 e. The molecule has 0 radical (unpaired) electrons. The molecule has 0 aliphatic carbocycles. The number of carbonyl (C=O) groups is 2. The van der Waals surface area contributed by atoms with Crippen LogP contribution in [0.1, 0.15) is 24.1 Å². The van der Waals surface area contributed by atoms with Crippen LogP contribution >= 0.6 is 22.9 Å². The van der Waals surface area contributed by atoms with E-state index in [2.05, 4.69) is 5.32 Å². The summed E-state index contributed by atoms with van der Waals surface area (Å²) in [6.07, 6.45) is 1.75. The fraction of sp³-hybridized carbons (Fsp3) is 0.455. The molecule has 0 aliphatic rings. The number of rotatable bonds is 7. The molecule has 0 spiro atoms. The Balaban J connectivity index is 2.11. The molecule has 1 rings (SSSR count). The van der Waals surface area contributed by atoms with Crippen molar-refractivity contribution in [3.05, 3.63) is 21.3 Å². The second kappa shape index (κ2) is 7.29. The Labute approximate surface area is 109 Å². The number of hydrogen-bond acceptors (Lipinski definition) is 3. The molecule has 0 aliphatic heterocycles. The summed E-state index contributed by atoms with van der Waals surface area (Å²) in [5.74, 6) is -0.858. The molecule has 0 aromatic carbocycles. The number of unbranched alkanes of at least 4 members (excludes halogenated alkanes) is 1. The summed E-state index contributed by atoms with van der Waals surface area (Å²) in [6, 6.07) is 3.60. The van der Waals surface area contributed by atoms with E-state index in [-0.39, 0.29) is 12.3 Å². The molecular weight excluding hydrogens is 262 g/mol. The van der Waals surface area contributed by atoms with Crippen molar-refractivity contribution in [3.8, 4) is 0 Å². The first-order valence-corrected chi connectivity index (χ1v) is 6.50. The molecule has 1 heterocycles. The first kappa shape index (κ1) is 14.0. The third-order valence-corrected chi connectivity index (χ3v) is 3.33. The standard InChI is InChI=1S/C11H14ClNO3S/c12-9-5-4-8(17-9)7-10(14)13-6-2-1-3-11(15)16/h4-5H,1-3,6-7H2,(H,13,14)(H,15,16). The summed E-state index contributed by atoms with van der Waals surface area (Å²) in [6.45, 7) is 0.519. The molecule has 0 bridgehead atoms. The van der Waals surface area contributed by atoms with Gasteiger partial charge in [0.25, 0.3) is 0 Å². The maximum atomic E-state index is 11.5. The van der Waals surface area contributed by atoms with Crippen molar-refractivity contribution in [2.75, 3.05) is 6.54 Å². The Kier molecular flexibility index (Phi) is 6.00. The number of carboxylic acids is 1. The van der Waals surface area contributed by atoms with Gasteiger partial charge in [-0.05, 0) is 25.0 Å². The minimum Gasteiger partial charge on any atom is -0.481 e. The molecule has 94 valence electrons. The molecule has 0 fully saturated rings. The molecule has 6 heteroatoms. The van der Waals surface area contributed by atoms with E-state index in [4.69, 9.17) is 16.7 Å². The minimum atomic E-state index is -0.801. The second-order valence-electron chi connectivity index (χ2n) is 3.58. The number of thiophene rings is 1. The first-order valence-electron chi connectivity index (χ1n) is 5.30. The topological polar surface area (TPSA) is 66.4 Å². The van der Waals surface area contributed by atoms with E-state index >= 15 is 0 Å². The maximum absolute atomic E-state index is 11.5. The minimum absolute atomic E-state index is 0.0566. The molecule has 4 nitrogen and oxygen atoms in total. The van der Waals surface area contributed by atoms with Crippen LogP contribution < -0.4 is 5.32 Å². The summed E-state index contributed by atoms with van der Waals surface area (Å²) in [4.78, 5) is 22.6. The Morgan fingerprint density at radius 1 is 1.35 bits per heavy atom. The quantitative estimate of drug-likeness (QED) is 0.751. The predicted molar refractivity (Wildman–Crippen MR) is 67.5 cm³/mol. The van der Waals surface area contributed by atoms with E-state index in [1.54, 1.807) is 6.07 Å². The van der Waals surface area contributed by atoms with E-state index in [0.29, 0.717) is 30.1 Å². The van der Waals surface area contributed by atoms with Gasteiger partial charge in [-0.25, -0.2) is 0 Å². The van der Waals surface area contributed by atoms with E-state index in [9.17, 15) is 9.59 Å². The van der Waals surface area contributed by atoms with E-state index in [1.807, 2.05) is 6.07 Å². The Hall–Kier alpha value is -1.07. The number of aliphatic carboxylic acids is 1. The van der Waals surface area contributed by atoms with E-state index < -0.39 is 5.97 Å². The molecular formula is C11H14ClNO3S. The van der Waals surface area contributed by atoms with Crippen LogP contribution in [0.25, 0.3) is 0 Å². The van der Waals surface area contributed by atoms with Crippen LogP contribution in [-0.2, 0) is 16.0 Å². The zero-order chi connectivity index (χ0) is 12.7. The largest absolute Gasteiger partial charge is 0.481 e. The van der Waals surface area contributed by atoms with Crippen molar-refractivity contribution in [1.82, 2.24) is 5.32 Å². The van der Waals surface area contributed by atoms with Crippen molar-refractivity contribution in [2.24, 2.45) is 0 Å². The summed E-state index contributed by atoms with van der Waals surface area (Å²) >= 11 is 7.14. The van der Waals surface area contributed by atoms with Gasteiger partial charge in [-0.15, -0.1) is 11.3 Å². The highest BCUT2D eigenvalue weighted by Gasteiger charge is 2.05. The molecule has 1 aromatic heterocycles. The zero-order valence-electron chi connectivity index (χ0n) is 9.24. The van der Waals surface area contributed by atoms with Gasteiger partial charge in [-0.3, -0.25) is 9.59 Å². The first-order chi connectivity index (χ1) is 8.08. The van der Waals surface area contributed by atoms with Crippen LogP contribution in [0.3, 0.4) is 0 Å². The van der Waals surface area contributed by atoms with Gasteiger partial charge in [0.15, 0.2) is 0 Å². The lowest BCUT2D eigenvalue weighted by molar-refractivity contribution is -0.137. The molecule has 0 saturated heterocycles. The zero-order valence-corrected chi connectivity index (χ0v) is 10.8. The van der Waals surface area contributed by atoms with Crippen molar-refractivity contribution >= 4 is 34.8 Å². The van der Waals surface area contributed by atoms with Gasteiger partial charge < -0.3 is 10.4 Å². The summed E-state index contributed by atoms with van der Waals surface area (Å²) in [5.41, 5.74) is 0. The smallest absolute Gasteiger partial charge is 0.303 e. The van der Waals surface area contributed by atoms with Crippen LogP contribution in [0.4, 0.5) is 0 Å². The molecule has 0 atom stereocenters. The van der Waals surface area contributed by atoms with Gasteiger partial charge in [-0.2, -0.15) is 0 Å². The predicted octanol–water partition coefficient (Wildman–Crippen LogP) is 2.32. The van der Waals surface area contributed by atoms with E-state index in [0.717, 1.165) is 4.88 Å². The average Bonchev–Trinajstić information content (AvgIpc) is 2.63. The number of carboxylic acid groups (broad SMARTS) is 1. The van der Waals surface area contributed by atoms with Crippen molar-refractivity contribution < 1.29 is 14.7 Å². The van der Waals surface area contributed by atoms with Crippen LogP contribution in [0.2, 0.25) is 4.34 Å². The summed E-state index contributed by atoms with van der Waals surface area (Å²) < 4.78 is 0.675. The Morgan fingerprint density at radius 2 is 2.12 bits per heavy atom. The Bertz CT molecular complexity index is 392. The van der Waals surface area contributed by atoms with Gasteiger partial charge >= 0.3 is 5.97 Å². The summed E-state index contributed by atoms with van der Waals surface area (Å²) in [7, 11) is 0. The number of carbonyl (C=O) groups excluding carboxylic acids is 1. The van der Waals surface area contributed by atoms with Crippen molar-refractivity contribution in [1.29, 1.82) is 0 Å². The van der Waals surface area contributed by atoms with Gasteiger partial charge in [0.1, 0.15) is 0 Å². The van der Waals surface area contributed by atoms with Crippen LogP contribution in [0.5, 0.6) is 0 Å². The number of nitrogens with one attached hydrogen (secondary N) is 1. The van der Waals surface area contributed by atoms with Crippen LogP contribution in [-0.4, -0.2) is 23.5 Å². The number of amides is 1. The van der Waals surface area contributed by atoms with Crippen molar-refractivity contribution in [2.45, 2.75) is 25.7 Å². The van der Waals surface area contributed by atoms with Crippen LogP contribution in [0.15, 0.2) is 12.1 Å². The van der Waals surface area contributed by atoms with E-state index in [1.165, 1.54) is 11.3 Å². The lowest BCUT2D eigenvalue weighted by atomic mass is 10.2. The third kappa shape index (κ3) is 6.28. The normalized spacial score (nSPS) is 10.2. The molecule has 1 aromatic rings. The fourth-order valence-corrected chi connectivity index (χ4v) is 2.38. The van der Waals surface area contributed by atoms with Crippen LogP contribution in [0, 0.1) is 0 Å². The van der Waals surface area contributed by atoms with Gasteiger partial charge in [-0.1, -0.05) is 11.6 Å². The molecule has 0 unspecified atom stereocenters. The number of hydrogen-bond donors (Lipinski definition) is 2. The SMILES string of the molecule is O=C(O)CCCCNC(=O)Cc1ccc(Cl)s1. The molecule has 0 saturated carbocycles. The average molecular weight is 276 g/mol. The lowest BCUT2D eigenvalue weighted by Crippen LogP contribution is -2.25. The second-order valence-corrected chi connectivity index (χ2v) is 5.38. The van der Waals surface area contributed by atoms with Gasteiger partial charge in [0, 0.05) is 17.8 Å². The summed E-state index contributed by atoms with van der Waals surface area (Å²) in [5, 5.41) is 11.2. The fourth-order valence-electron chi connectivity index (χ4n) is 1.30.